The van der Waals surface area contributed by atoms with E-state index in [4.69, 9.17) is 4.42 Å². The van der Waals surface area contributed by atoms with Crippen LogP contribution in [-0.4, -0.2) is 14.8 Å². The van der Waals surface area contributed by atoms with Crippen molar-refractivity contribution in [2.75, 3.05) is 0 Å². The van der Waals surface area contributed by atoms with Crippen LogP contribution < -0.4 is 5.63 Å². The highest BCUT2D eigenvalue weighted by Gasteiger charge is 2.15. The average molecular weight is 281 g/mol. The zero-order chi connectivity index (χ0) is 14.4. The normalized spacial score (nSPS) is 11.3. The molecule has 0 saturated carbocycles. The van der Waals surface area contributed by atoms with Crippen LogP contribution in [0, 0.1) is 5.82 Å². The van der Waals surface area contributed by atoms with Crippen LogP contribution in [0.4, 0.5) is 4.39 Å². The van der Waals surface area contributed by atoms with E-state index in [2.05, 4.69) is 10.3 Å². The Labute approximate surface area is 117 Å². The first-order chi connectivity index (χ1) is 10.2. The summed E-state index contributed by atoms with van der Waals surface area (Å²) in [5, 5.41) is 8.50. The van der Waals surface area contributed by atoms with Crippen LogP contribution in [0.3, 0.4) is 0 Å². The zero-order valence-electron chi connectivity index (χ0n) is 10.7. The number of fused-ring (bicyclic) bond motifs is 3. The van der Waals surface area contributed by atoms with Crippen LogP contribution in [0.15, 0.2) is 57.7 Å². The molecule has 0 saturated heterocycles. The number of hydrogen-bond acceptors (Lipinski definition) is 4. The number of nitrogens with zero attached hydrogens (tertiary/aromatic N) is 3. The van der Waals surface area contributed by atoms with Crippen molar-refractivity contribution in [2.24, 2.45) is 0 Å². The zero-order valence-corrected chi connectivity index (χ0v) is 10.7. The standard InChI is InChI=1S/C15H8FN3O2/c16-10-7-5-9(6-8-10)13-14-19(18-17-13)12-4-2-1-3-11(12)15(20)21-14/h1-8H. The molecule has 0 amide bonds. The van der Waals surface area contributed by atoms with Gasteiger partial charge in [0.25, 0.3) is 5.71 Å². The Hall–Kier alpha value is -3.02. The summed E-state index contributed by atoms with van der Waals surface area (Å²) in [5.74, 6) is -0.345. The second-order valence-corrected chi connectivity index (χ2v) is 4.57. The molecular formula is C15H8FN3O2. The molecule has 102 valence electrons. The predicted molar refractivity (Wildman–Crippen MR) is 74.4 cm³/mol. The molecular weight excluding hydrogens is 273 g/mol. The van der Waals surface area contributed by atoms with Gasteiger partial charge in [0, 0.05) is 5.56 Å². The number of para-hydroxylation sites is 1. The number of aromatic nitrogens is 3. The second-order valence-electron chi connectivity index (χ2n) is 4.57. The summed E-state index contributed by atoms with van der Waals surface area (Å²) in [6.45, 7) is 0. The summed E-state index contributed by atoms with van der Waals surface area (Å²) < 4.78 is 19.8. The molecule has 5 nitrogen and oxygen atoms in total. The van der Waals surface area contributed by atoms with Crippen LogP contribution in [-0.2, 0) is 0 Å². The lowest BCUT2D eigenvalue weighted by atomic mass is 10.1. The van der Waals surface area contributed by atoms with Gasteiger partial charge in [-0.2, -0.15) is 4.52 Å². The van der Waals surface area contributed by atoms with Crippen LogP contribution in [0.5, 0.6) is 0 Å². The van der Waals surface area contributed by atoms with Crippen molar-refractivity contribution in [3.05, 3.63) is 64.8 Å². The molecule has 4 rings (SSSR count). The van der Waals surface area contributed by atoms with Gasteiger partial charge in [0.2, 0.25) is 0 Å². The fraction of sp³-hybridized carbons (Fsp3) is 0. The van der Waals surface area contributed by atoms with E-state index in [1.165, 1.54) is 16.6 Å². The minimum Gasteiger partial charge on any atom is -0.401 e. The van der Waals surface area contributed by atoms with Crippen LogP contribution >= 0.6 is 0 Å². The first-order valence-electron chi connectivity index (χ1n) is 6.27. The molecule has 0 unspecified atom stereocenters. The first kappa shape index (κ1) is 11.8. The van der Waals surface area contributed by atoms with E-state index in [-0.39, 0.29) is 11.5 Å². The first-order valence-corrected chi connectivity index (χ1v) is 6.27. The highest BCUT2D eigenvalue weighted by molar-refractivity contribution is 5.82. The molecule has 2 aromatic carbocycles. The predicted octanol–water partition coefficient (Wildman–Crippen LogP) is 2.64. The van der Waals surface area contributed by atoms with Gasteiger partial charge in [-0.3, -0.25) is 0 Å². The second kappa shape index (κ2) is 4.24. The molecule has 2 aromatic heterocycles. The summed E-state index contributed by atoms with van der Waals surface area (Å²) in [6, 6.07) is 12.8. The van der Waals surface area contributed by atoms with Crippen molar-refractivity contribution in [3.63, 3.8) is 0 Å². The van der Waals surface area contributed by atoms with Gasteiger partial charge in [-0.15, -0.1) is 5.10 Å². The van der Waals surface area contributed by atoms with E-state index in [0.29, 0.717) is 22.2 Å². The van der Waals surface area contributed by atoms with E-state index in [1.54, 1.807) is 36.4 Å². The molecule has 0 N–H and O–H groups in total. The fourth-order valence-corrected chi connectivity index (χ4v) is 2.28. The van der Waals surface area contributed by atoms with Crippen molar-refractivity contribution >= 4 is 16.6 Å². The van der Waals surface area contributed by atoms with Gasteiger partial charge in [0.1, 0.15) is 5.82 Å². The molecule has 21 heavy (non-hydrogen) atoms. The third-order valence-corrected chi connectivity index (χ3v) is 3.29. The third-order valence-electron chi connectivity index (χ3n) is 3.29. The van der Waals surface area contributed by atoms with Crippen molar-refractivity contribution < 1.29 is 8.81 Å². The number of benzene rings is 2. The lowest BCUT2D eigenvalue weighted by molar-refractivity contribution is 0.543. The molecule has 0 atom stereocenters. The SMILES string of the molecule is O=c1oc2c(-c3ccc(F)cc3)nnn2c2ccccc12. The Morgan fingerprint density at radius 1 is 1.05 bits per heavy atom. The molecule has 0 aliphatic heterocycles. The van der Waals surface area contributed by atoms with E-state index in [9.17, 15) is 9.18 Å². The Kier molecular flexibility index (Phi) is 2.38. The summed E-state index contributed by atoms with van der Waals surface area (Å²) in [4.78, 5) is 12.0. The van der Waals surface area contributed by atoms with Gasteiger partial charge in [0.15, 0.2) is 5.69 Å². The van der Waals surface area contributed by atoms with E-state index < -0.39 is 5.63 Å². The maximum absolute atomic E-state index is 13.0. The maximum Gasteiger partial charge on any atom is 0.347 e. The molecule has 0 fully saturated rings. The summed E-state index contributed by atoms with van der Waals surface area (Å²) in [6.07, 6.45) is 0. The number of rotatable bonds is 1. The van der Waals surface area contributed by atoms with Crippen molar-refractivity contribution in [3.8, 4) is 11.3 Å². The van der Waals surface area contributed by atoms with Crippen LogP contribution in [0.1, 0.15) is 0 Å². The summed E-state index contributed by atoms with van der Waals surface area (Å²) in [5.41, 5.74) is 1.43. The molecule has 0 bridgehead atoms. The Balaban J connectivity index is 2.09. The topological polar surface area (TPSA) is 60.4 Å². The molecule has 0 aliphatic rings. The molecule has 4 aromatic rings. The van der Waals surface area contributed by atoms with E-state index in [0.717, 1.165) is 0 Å². The van der Waals surface area contributed by atoms with Crippen molar-refractivity contribution in [1.82, 2.24) is 14.8 Å². The highest BCUT2D eigenvalue weighted by Crippen LogP contribution is 2.23. The van der Waals surface area contributed by atoms with Crippen LogP contribution in [0.2, 0.25) is 0 Å². The smallest absolute Gasteiger partial charge is 0.347 e. The summed E-state index contributed by atoms with van der Waals surface area (Å²) >= 11 is 0. The minimum absolute atomic E-state index is 0.241. The van der Waals surface area contributed by atoms with Gasteiger partial charge in [-0.25, -0.2) is 9.18 Å². The van der Waals surface area contributed by atoms with E-state index >= 15 is 0 Å². The lowest BCUT2D eigenvalue weighted by Crippen LogP contribution is -2.04. The van der Waals surface area contributed by atoms with E-state index in [1.807, 2.05) is 0 Å². The molecule has 0 aliphatic carbocycles. The van der Waals surface area contributed by atoms with Gasteiger partial charge in [0.05, 0.1) is 10.9 Å². The monoisotopic (exact) mass is 281 g/mol. The lowest BCUT2D eigenvalue weighted by Gasteiger charge is -1.99. The van der Waals surface area contributed by atoms with Crippen molar-refractivity contribution in [1.29, 1.82) is 0 Å². The molecule has 2 heterocycles. The van der Waals surface area contributed by atoms with Gasteiger partial charge in [-0.1, -0.05) is 17.3 Å². The van der Waals surface area contributed by atoms with Crippen LogP contribution in [0.25, 0.3) is 27.9 Å². The van der Waals surface area contributed by atoms with Gasteiger partial charge >= 0.3 is 5.63 Å². The quantitative estimate of drug-likeness (QED) is 0.538. The average Bonchev–Trinajstić information content (AvgIpc) is 2.92. The maximum atomic E-state index is 13.0. The Morgan fingerprint density at radius 3 is 2.62 bits per heavy atom. The minimum atomic E-state index is -0.455. The largest absolute Gasteiger partial charge is 0.401 e. The Bertz CT molecular complexity index is 1020. The third kappa shape index (κ3) is 1.73. The molecule has 0 radical (unpaired) electrons. The van der Waals surface area contributed by atoms with Gasteiger partial charge < -0.3 is 4.42 Å². The fourth-order valence-electron chi connectivity index (χ4n) is 2.28. The number of hydrogen-bond donors (Lipinski definition) is 0. The Morgan fingerprint density at radius 2 is 1.81 bits per heavy atom. The van der Waals surface area contributed by atoms with Crippen molar-refractivity contribution in [2.45, 2.75) is 0 Å². The molecule has 6 heteroatoms. The highest BCUT2D eigenvalue weighted by atomic mass is 19.1. The molecule has 0 spiro atoms. The van der Waals surface area contributed by atoms with Gasteiger partial charge in [-0.05, 0) is 36.4 Å². The summed E-state index contributed by atoms with van der Waals surface area (Å²) in [7, 11) is 0. The number of halogens is 1.